The molecular formula is C14H23NO. The van der Waals surface area contributed by atoms with Crippen LogP contribution in [0.3, 0.4) is 0 Å². The van der Waals surface area contributed by atoms with E-state index in [0.717, 1.165) is 13.1 Å². The van der Waals surface area contributed by atoms with Gasteiger partial charge >= 0.3 is 0 Å². The minimum atomic E-state index is 0.325. The largest absolute Gasteiger partial charge is 0.379 e. The maximum absolute atomic E-state index is 5.50. The van der Waals surface area contributed by atoms with E-state index < -0.39 is 0 Å². The molecule has 0 spiro atoms. The van der Waals surface area contributed by atoms with E-state index in [0.29, 0.717) is 12.0 Å². The molecule has 2 rings (SSSR count). The Morgan fingerprint density at radius 3 is 2.50 bits per heavy atom. The van der Waals surface area contributed by atoms with Crippen molar-refractivity contribution in [3.05, 3.63) is 35.9 Å². The lowest BCUT2D eigenvalue weighted by Gasteiger charge is -2.31. The normalized spacial score (nSPS) is 24.4. The molecule has 1 aromatic rings. The zero-order valence-electron chi connectivity index (χ0n) is 10.6. The van der Waals surface area contributed by atoms with Crippen molar-refractivity contribution >= 4 is 0 Å². The minimum absolute atomic E-state index is 0.325. The predicted octanol–water partition coefficient (Wildman–Crippen LogP) is 2.80. The number of benzene rings is 1. The first kappa shape index (κ1) is 13.2. The van der Waals surface area contributed by atoms with Gasteiger partial charge in [-0.15, -0.1) is 0 Å². The van der Waals surface area contributed by atoms with E-state index in [-0.39, 0.29) is 0 Å². The summed E-state index contributed by atoms with van der Waals surface area (Å²) < 4.78 is 5.50. The first-order valence-corrected chi connectivity index (χ1v) is 6.20. The van der Waals surface area contributed by atoms with Crippen LogP contribution in [-0.4, -0.2) is 26.3 Å². The van der Waals surface area contributed by atoms with Crippen LogP contribution in [0.5, 0.6) is 0 Å². The molecule has 1 N–H and O–H groups in total. The molecule has 1 aromatic carbocycles. The lowest BCUT2D eigenvalue weighted by molar-refractivity contribution is 0.0625. The molecule has 16 heavy (non-hydrogen) atoms. The SMILES string of the molecule is CC.COC1CNCC[C@H]1c1ccccc1. The molecule has 0 aromatic heterocycles. The molecule has 2 heteroatoms. The maximum atomic E-state index is 5.50. The van der Waals surface area contributed by atoms with E-state index in [4.69, 9.17) is 4.74 Å². The predicted molar refractivity (Wildman–Crippen MR) is 68.8 cm³/mol. The highest BCUT2D eigenvalue weighted by molar-refractivity contribution is 5.21. The van der Waals surface area contributed by atoms with Crippen molar-refractivity contribution < 1.29 is 4.74 Å². The zero-order chi connectivity index (χ0) is 11.8. The summed E-state index contributed by atoms with van der Waals surface area (Å²) in [6.07, 6.45) is 1.49. The molecule has 0 saturated carbocycles. The van der Waals surface area contributed by atoms with Gasteiger partial charge in [0.15, 0.2) is 0 Å². The number of nitrogens with one attached hydrogen (secondary N) is 1. The van der Waals surface area contributed by atoms with Gasteiger partial charge in [-0.25, -0.2) is 0 Å². The Bertz CT molecular complexity index is 273. The maximum Gasteiger partial charge on any atom is 0.0764 e. The number of methoxy groups -OCH3 is 1. The minimum Gasteiger partial charge on any atom is -0.379 e. The van der Waals surface area contributed by atoms with Crippen molar-refractivity contribution in [2.75, 3.05) is 20.2 Å². The van der Waals surface area contributed by atoms with Gasteiger partial charge < -0.3 is 10.1 Å². The highest BCUT2D eigenvalue weighted by atomic mass is 16.5. The summed E-state index contributed by atoms with van der Waals surface area (Å²) in [7, 11) is 1.80. The van der Waals surface area contributed by atoms with Crippen LogP contribution in [0.15, 0.2) is 30.3 Å². The molecule has 0 amide bonds. The third-order valence-electron chi connectivity index (χ3n) is 2.96. The summed E-state index contributed by atoms with van der Waals surface area (Å²) >= 11 is 0. The molecular weight excluding hydrogens is 198 g/mol. The van der Waals surface area contributed by atoms with Gasteiger partial charge in [-0.1, -0.05) is 44.2 Å². The van der Waals surface area contributed by atoms with Gasteiger partial charge in [0.05, 0.1) is 6.10 Å². The van der Waals surface area contributed by atoms with Crippen molar-refractivity contribution in [2.45, 2.75) is 32.3 Å². The molecule has 1 fully saturated rings. The van der Waals surface area contributed by atoms with Gasteiger partial charge in [0.1, 0.15) is 0 Å². The van der Waals surface area contributed by atoms with Gasteiger partial charge in [-0.2, -0.15) is 0 Å². The van der Waals surface area contributed by atoms with E-state index in [1.807, 2.05) is 13.8 Å². The Labute approximate surface area is 99.0 Å². The van der Waals surface area contributed by atoms with Crippen molar-refractivity contribution in [1.29, 1.82) is 0 Å². The second kappa shape index (κ2) is 7.42. The zero-order valence-corrected chi connectivity index (χ0v) is 10.6. The van der Waals surface area contributed by atoms with Gasteiger partial charge in [0.2, 0.25) is 0 Å². The monoisotopic (exact) mass is 221 g/mol. The number of hydrogen-bond acceptors (Lipinski definition) is 2. The molecule has 1 heterocycles. The third kappa shape index (κ3) is 3.32. The summed E-state index contributed by atoms with van der Waals surface area (Å²) in [6, 6.07) is 10.7. The fraction of sp³-hybridized carbons (Fsp3) is 0.571. The van der Waals surface area contributed by atoms with Crippen LogP contribution in [0.2, 0.25) is 0 Å². The molecule has 0 bridgehead atoms. The lowest BCUT2D eigenvalue weighted by Crippen LogP contribution is -2.40. The van der Waals surface area contributed by atoms with Crippen LogP contribution >= 0.6 is 0 Å². The van der Waals surface area contributed by atoms with Crippen LogP contribution in [-0.2, 0) is 4.74 Å². The van der Waals surface area contributed by atoms with Crippen molar-refractivity contribution in [2.24, 2.45) is 0 Å². The summed E-state index contributed by atoms with van der Waals surface area (Å²) in [6.45, 7) is 6.06. The smallest absolute Gasteiger partial charge is 0.0764 e. The topological polar surface area (TPSA) is 21.3 Å². The van der Waals surface area contributed by atoms with Crippen LogP contribution in [0.25, 0.3) is 0 Å². The van der Waals surface area contributed by atoms with Crippen LogP contribution in [0.4, 0.5) is 0 Å². The van der Waals surface area contributed by atoms with Crippen molar-refractivity contribution in [3.63, 3.8) is 0 Å². The second-order valence-corrected chi connectivity index (χ2v) is 3.78. The molecule has 2 nitrogen and oxygen atoms in total. The van der Waals surface area contributed by atoms with E-state index in [1.165, 1.54) is 12.0 Å². The van der Waals surface area contributed by atoms with Crippen LogP contribution < -0.4 is 5.32 Å². The fourth-order valence-corrected chi connectivity index (χ4v) is 2.16. The molecule has 1 saturated heterocycles. The van der Waals surface area contributed by atoms with Crippen molar-refractivity contribution in [3.8, 4) is 0 Å². The second-order valence-electron chi connectivity index (χ2n) is 3.78. The first-order chi connectivity index (χ1) is 7.92. The summed E-state index contributed by atoms with van der Waals surface area (Å²) in [5.74, 6) is 0.558. The molecule has 90 valence electrons. The first-order valence-electron chi connectivity index (χ1n) is 6.20. The number of piperidine rings is 1. The standard InChI is InChI=1S/C12H17NO.C2H6/c1-14-12-9-13-8-7-11(12)10-5-3-2-4-6-10;1-2/h2-6,11-13H,7-9H2,1H3;1-2H3/t11-,12?;/m0./s1. The summed E-state index contributed by atoms with van der Waals surface area (Å²) in [5, 5.41) is 3.36. The van der Waals surface area contributed by atoms with E-state index in [1.54, 1.807) is 7.11 Å². The lowest BCUT2D eigenvalue weighted by atomic mass is 9.88. The van der Waals surface area contributed by atoms with E-state index in [2.05, 4.69) is 35.6 Å². The van der Waals surface area contributed by atoms with Gasteiger partial charge in [0.25, 0.3) is 0 Å². The van der Waals surface area contributed by atoms with Crippen LogP contribution in [0, 0.1) is 0 Å². The Balaban J connectivity index is 0.000000606. The Morgan fingerprint density at radius 1 is 1.19 bits per heavy atom. The van der Waals surface area contributed by atoms with E-state index >= 15 is 0 Å². The third-order valence-corrected chi connectivity index (χ3v) is 2.96. The Morgan fingerprint density at radius 2 is 1.88 bits per heavy atom. The highest BCUT2D eigenvalue weighted by Gasteiger charge is 2.25. The number of rotatable bonds is 2. The number of hydrogen-bond donors (Lipinski definition) is 1. The molecule has 1 aliphatic heterocycles. The average Bonchev–Trinajstić information content (AvgIpc) is 2.42. The molecule has 0 aliphatic carbocycles. The summed E-state index contributed by atoms with van der Waals surface area (Å²) in [4.78, 5) is 0. The van der Waals surface area contributed by atoms with E-state index in [9.17, 15) is 0 Å². The molecule has 1 aliphatic rings. The molecule has 2 atom stereocenters. The van der Waals surface area contributed by atoms with Gasteiger partial charge in [-0.05, 0) is 18.5 Å². The molecule has 0 radical (unpaired) electrons. The van der Waals surface area contributed by atoms with Gasteiger partial charge in [-0.3, -0.25) is 0 Å². The van der Waals surface area contributed by atoms with Crippen molar-refractivity contribution in [1.82, 2.24) is 5.32 Å². The Hall–Kier alpha value is -0.860. The van der Waals surface area contributed by atoms with Gasteiger partial charge in [0, 0.05) is 19.6 Å². The summed E-state index contributed by atoms with van der Waals surface area (Å²) in [5.41, 5.74) is 1.40. The van der Waals surface area contributed by atoms with Crippen LogP contribution in [0.1, 0.15) is 31.7 Å². The molecule has 1 unspecified atom stereocenters. The highest BCUT2D eigenvalue weighted by Crippen LogP contribution is 2.26. The average molecular weight is 221 g/mol. The fourth-order valence-electron chi connectivity index (χ4n) is 2.16. The number of ether oxygens (including phenoxy) is 1. The Kier molecular flexibility index (Phi) is 6.12. The quantitative estimate of drug-likeness (QED) is 0.829.